The maximum atomic E-state index is 13.3. The first-order chi connectivity index (χ1) is 14.9. The molecular formula is C21H36N4O7. The molecule has 11 heteroatoms. The van der Waals surface area contributed by atoms with E-state index < -0.39 is 60.2 Å². The highest BCUT2D eigenvalue weighted by molar-refractivity contribution is 5.95. The number of carbonyl (C=O) groups excluding carboxylic acids is 3. The molecule has 3 amide bonds. The lowest BCUT2D eigenvalue weighted by atomic mass is 9.97. The molecule has 6 N–H and O–H groups in total. The van der Waals surface area contributed by atoms with Gasteiger partial charge in [0, 0.05) is 6.54 Å². The summed E-state index contributed by atoms with van der Waals surface area (Å²) in [6, 6.07) is -4.18. The molecule has 1 heterocycles. The second kappa shape index (κ2) is 12.4. The molecule has 1 rings (SSSR count). The standard InChI is InChI=1S/C21H36N4O7/c1-5-12(4)17(22)19(29)23-13(9-11(2)3)20(30)25-8-6-7-15(25)18(28)24-14(21(31)32)10-16(26)27/h11-15,17H,5-10,22H2,1-4H3,(H,23,29)(H,24,28)(H,26,27)(H,31,32). The molecule has 1 aliphatic heterocycles. The maximum Gasteiger partial charge on any atom is 0.326 e. The predicted octanol–water partition coefficient (Wildman–Crippen LogP) is -0.0742. The topological polar surface area (TPSA) is 179 Å². The average Bonchev–Trinajstić information content (AvgIpc) is 3.20. The Morgan fingerprint density at radius 1 is 1.06 bits per heavy atom. The van der Waals surface area contributed by atoms with Crippen LogP contribution in [0.4, 0.5) is 0 Å². The first-order valence-corrected chi connectivity index (χ1v) is 11.0. The fourth-order valence-corrected chi connectivity index (χ4v) is 3.62. The maximum absolute atomic E-state index is 13.3. The number of carbonyl (C=O) groups is 5. The lowest BCUT2D eigenvalue weighted by Crippen LogP contribution is -2.57. The van der Waals surface area contributed by atoms with Gasteiger partial charge in [-0.25, -0.2) is 4.79 Å². The predicted molar refractivity (Wildman–Crippen MR) is 115 cm³/mol. The minimum atomic E-state index is -1.60. The Hall–Kier alpha value is -2.69. The third-order valence-corrected chi connectivity index (χ3v) is 5.71. The molecule has 0 radical (unpaired) electrons. The summed E-state index contributed by atoms with van der Waals surface area (Å²) < 4.78 is 0. The van der Waals surface area contributed by atoms with Crippen molar-refractivity contribution in [3.05, 3.63) is 0 Å². The number of aliphatic carboxylic acids is 2. The van der Waals surface area contributed by atoms with Crippen LogP contribution in [-0.2, 0) is 24.0 Å². The molecule has 0 aromatic carbocycles. The van der Waals surface area contributed by atoms with Gasteiger partial charge in [0.2, 0.25) is 17.7 Å². The van der Waals surface area contributed by atoms with Crippen LogP contribution in [-0.4, -0.2) is 75.5 Å². The van der Waals surface area contributed by atoms with E-state index in [0.717, 1.165) is 0 Å². The Labute approximate surface area is 188 Å². The summed E-state index contributed by atoms with van der Waals surface area (Å²) in [4.78, 5) is 62.0. The van der Waals surface area contributed by atoms with Crippen molar-refractivity contribution in [2.24, 2.45) is 17.6 Å². The summed E-state index contributed by atoms with van der Waals surface area (Å²) in [7, 11) is 0. The number of rotatable bonds is 12. The second-order valence-corrected chi connectivity index (χ2v) is 8.79. The van der Waals surface area contributed by atoms with Crippen LogP contribution < -0.4 is 16.4 Å². The number of carboxylic acids is 2. The Balaban J connectivity index is 2.98. The molecule has 0 aromatic rings. The van der Waals surface area contributed by atoms with Crippen molar-refractivity contribution in [3.8, 4) is 0 Å². The average molecular weight is 457 g/mol. The monoisotopic (exact) mass is 456 g/mol. The van der Waals surface area contributed by atoms with Crippen LogP contribution in [0.5, 0.6) is 0 Å². The Morgan fingerprint density at radius 3 is 2.19 bits per heavy atom. The molecule has 32 heavy (non-hydrogen) atoms. The van der Waals surface area contributed by atoms with Gasteiger partial charge >= 0.3 is 11.9 Å². The van der Waals surface area contributed by atoms with Gasteiger partial charge in [-0.2, -0.15) is 0 Å². The summed E-state index contributed by atoms with van der Waals surface area (Å²) in [5.41, 5.74) is 6.00. The molecular weight excluding hydrogens is 420 g/mol. The Kier molecular flexibility index (Phi) is 10.6. The molecule has 5 atom stereocenters. The summed E-state index contributed by atoms with van der Waals surface area (Å²) in [5.74, 6) is -4.44. The van der Waals surface area contributed by atoms with Crippen molar-refractivity contribution in [2.45, 2.75) is 84.0 Å². The van der Waals surface area contributed by atoms with Crippen molar-refractivity contribution in [1.82, 2.24) is 15.5 Å². The molecule has 0 aliphatic carbocycles. The van der Waals surface area contributed by atoms with Crippen LogP contribution in [0, 0.1) is 11.8 Å². The van der Waals surface area contributed by atoms with Gasteiger partial charge in [0.25, 0.3) is 0 Å². The molecule has 0 aromatic heterocycles. The SMILES string of the molecule is CCC(C)C(N)C(=O)NC(CC(C)C)C(=O)N1CCCC1C(=O)NC(CC(=O)O)C(=O)O. The van der Waals surface area contributed by atoms with Crippen LogP contribution in [0.2, 0.25) is 0 Å². The van der Waals surface area contributed by atoms with E-state index in [-0.39, 0.29) is 18.4 Å². The fourth-order valence-electron chi connectivity index (χ4n) is 3.62. The molecule has 1 fully saturated rings. The Morgan fingerprint density at radius 2 is 1.69 bits per heavy atom. The van der Waals surface area contributed by atoms with Crippen molar-refractivity contribution in [3.63, 3.8) is 0 Å². The molecule has 0 spiro atoms. The minimum Gasteiger partial charge on any atom is -0.481 e. The normalized spacial score (nSPS) is 19.7. The van der Waals surface area contributed by atoms with E-state index in [1.807, 2.05) is 27.7 Å². The molecule has 182 valence electrons. The van der Waals surface area contributed by atoms with Gasteiger partial charge in [0.1, 0.15) is 18.1 Å². The third kappa shape index (κ3) is 7.77. The van der Waals surface area contributed by atoms with Gasteiger partial charge in [-0.1, -0.05) is 34.1 Å². The van der Waals surface area contributed by atoms with Crippen molar-refractivity contribution in [2.75, 3.05) is 6.54 Å². The molecule has 0 bridgehead atoms. The summed E-state index contributed by atoms with van der Waals surface area (Å²) in [5, 5.41) is 23.0. The molecule has 1 saturated heterocycles. The highest BCUT2D eigenvalue weighted by Gasteiger charge is 2.39. The number of nitrogens with zero attached hydrogens (tertiary/aromatic N) is 1. The van der Waals surface area contributed by atoms with Crippen LogP contribution >= 0.6 is 0 Å². The van der Waals surface area contributed by atoms with Crippen LogP contribution in [0.3, 0.4) is 0 Å². The third-order valence-electron chi connectivity index (χ3n) is 5.71. The van der Waals surface area contributed by atoms with E-state index >= 15 is 0 Å². The fraction of sp³-hybridized carbons (Fsp3) is 0.762. The van der Waals surface area contributed by atoms with Gasteiger partial charge < -0.3 is 31.5 Å². The van der Waals surface area contributed by atoms with E-state index in [2.05, 4.69) is 10.6 Å². The summed E-state index contributed by atoms with van der Waals surface area (Å²) in [6.07, 6.45) is 1.11. The van der Waals surface area contributed by atoms with E-state index in [1.165, 1.54) is 4.90 Å². The van der Waals surface area contributed by atoms with Gasteiger partial charge in [-0.05, 0) is 31.1 Å². The number of hydrogen-bond acceptors (Lipinski definition) is 6. The summed E-state index contributed by atoms with van der Waals surface area (Å²) in [6.45, 7) is 7.84. The number of hydrogen-bond donors (Lipinski definition) is 5. The van der Waals surface area contributed by atoms with Crippen molar-refractivity contribution in [1.29, 1.82) is 0 Å². The van der Waals surface area contributed by atoms with Gasteiger partial charge in [0.05, 0.1) is 12.5 Å². The Bertz CT molecular complexity index is 712. The lowest BCUT2D eigenvalue weighted by molar-refractivity contribution is -0.148. The van der Waals surface area contributed by atoms with Gasteiger partial charge in [-0.3, -0.25) is 19.2 Å². The molecule has 0 saturated carbocycles. The van der Waals surface area contributed by atoms with E-state index in [0.29, 0.717) is 25.7 Å². The van der Waals surface area contributed by atoms with Gasteiger partial charge in [0.15, 0.2) is 0 Å². The van der Waals surface area contributed by atoms with E-state index in [1.54, 1.807) is 0 Å². The van der Waals surface area contributed by atoms with Crippen molar-refractivity contribution < 1.29 is 34.2 Å². The van der Waals surface area contributed by atoms with E-state index in [4.69, 9.17) is 10.8 Å². The van der Waals surface area contributed by atoms with Crippen LogP contribution in [0.15, 0.2) is 0 Å². The number of nitrogens with one attached hydrogen (secondary N) is 2. The highest BCUT2D eigenvalue weighted by Crippen LogP contribution is 2.21. The van der Waals surface area contributed by atoms with Crippen LogP contribution in [0.1, 0.15) is 59.8 Å². The minimum absolute atomic E-state index is 0.0719. The second-order valence-electron chi connectivity index (χ2n) is 8.79. The summed E-state index contributed by atoms with van der Waals surface area (Å²) >= 11 is 0. The first kappa shape index (κ1) is 27.3. The lowest BCUT2D eigenvalue weighted by Gasteiger charge is -2.31. The zero-order valence-electron chi connectivity index (χ0n) is 19.2. The van der Waals surface area contributed by atoms with Crippen LogP contribution in [0.25, 0.3) is 0 Å². The van der Waals surface area contributed by atoms with Crippen molar-refractivity contribution >= 4 is 29.7 Å². The highest BCUT2D eigenvalue weighted by atomic mass is 16.4. The number of carboxylic acid groups (broad SMARTS) is 2. The number of amides is 3. The quantitative estimate of drug-likeness (QED) is 0.270. The zero-order valence-corrected chi connectivity index (χ0v) is 19.2. The molecule has 11 nitrogen and oxygen atoms in total. The van der Waals surface area contributed by atoms with E-state index in [9.17, 15) is 29.1 Å². The first-order valence-electron chi connectivity index (χ1n) is 11.0. The molecule has 5 unspecified atom stereocenters. The largest absolute Gasteiger partial charge is 0.481 e. The number of likely N-dealkylation sites (tertiary alicyclic amines) is 1. The number of nitrogens with two attached hydrogens (primary N) is 1. The smallest absolute Gasteiger partial charge is 0.326 e. The zero-order chi connectivity index (χ0) is 24.6. The molecule has 1 aliphatic rings. The van der Waals surface area contributed by atoms with Gasteiger partial charge in [-0.15, -0.1) is 0 Å².